The molecule has 4 saturated heterocycles. The Hall–Kier alpha value is -0.340. The van der Waals surface area contributed by atoms with Gasteiger partial charge in [-0.25, -0.2) is 8.78 Å². The van der Waals surface area contributed by atoms with Crippen LogP contribution < -0.4 is 0 Å². The van der Waals surface area contributed by atoms with Crippen LogP contribution >= 0.6 is 0 Å². The van der Waals surface area contributed by atoms with E-state index in [0.717, 1.165) is 5.92 Å². The molecule has 0 bridgehead atoms. The van der Waals surface area contributed by atoms with E-state index in [9.17, 15) is 8.78 Å². The van der Waals surface area contributed by atoms with Gasteiger partial charge in [0.15, 0.2) is 0 Å². The number of hydrogen-bond acceptors (Lipinski definition) is 5. The van der Waals surface area contributed by atoms with Crippen molar-refractivity contribution in [3.05, 3.63) is 0 Å². The molecule has 7 heteroatoms. The van der Waals surface area contributed by atoms with Gasteiger partial charge in [0.25, 0.3) is 5.92 Å². The molecule has 5 rings (SSSR count). The largest absolute Gasteiger partial charge is 0.306 e. The third-order valence-electron chi connectivity index (χ3n) is 8.50. The first-order chi connectivity index (χ1) is 18.1. The van der Waals surface area contributed by atoms with Gasteiger partial charge in [-0.15, -0.1) is 0 Å². The van der Waals surface area contributed by atoms with Crippen molar-refractivity contribution in [2.75, 3.05) is 101 Å². The van der Waals surface area contributed by atoms with E-state index in [1.54, 1.807) is 0 Å². The lowest BCUT2D eigenvalue weighted by Gasteiger charge is -2.28. The zero-order valence-corrected chi connectivity index (χ0v) is 26.3. The summed E-state index contributed by atoms with van der Waals surface area (Å²) in [6, 6.07) is 0. The molecule has 0 aromatic carbocycles. The molecule has 1 saturated carbocycles. The average Bonchev–Trinajstić information content (AvgIpc) is 2.91. The maximum atomic E-state index is 12.4. The first-order valence-electron chi connectivity index (χ1n) is 15.9. The molecule has 4 heterocycles. The average molecular weight is 546 g/mol. The second-order valence-corrected chi connectivity index (χ2v) is 12.7. The standard InChI is InChI=1S/C7H14.C6H11F2N.C6H14N2.2C6H13N/c1-7-5-3-2-4-6-7;1-9-4-2-6(7,8)3-5-9;1-7-3-5-8(2)6-4-7;2*1-7-5-3-2-4-6-7/h7H,2-6H2,1H3;2-5H2,1H3;3-6H2,1-2H3;2*2-6H2,1H3. The van der Waals surface area contributed by atoms with Crippen LogP contribution in [-0.2, 0) is 0 Å². The first kappa shape index (κ1) is 35.7. The number of halogens is 2. The fraction of sp³-hybridized carbons (Fsp3) is 1.00. The lowest BCUT2D eigenvalue weighted by molar-refractivity contribution is -0.0504. The number of likely N-dealkylation sites (tertiary alicyclic amines) is 3. The van der Waals surface area contributed by atoms with Gasteiger partial charge in [-0.3, -0.25) is 0 Å². The molecule has 38 heavy (non-hydrogen) atoms. The summed E-state index contributed by atoms with van der Waals surface area (Å²) in [5.41, 5.74) is 0. The molecule has 0 amide bonds. The van der Waals surface area contributed by atoms with Crippen molar-refractivity contribution in [1.29, 1.82) is 0 Å². The van der Waals surface area contributed by atoms with E-state index in [-0.39, 0.29) is 12.8 Å². The maximum Gasteiger partial charge on any atom is 0.250 e. The third kappa shape index (κ3) is 20.5. The Balaban J connectivity index is 0.000000238. The molecular weight excluding hydrogens is 480 g/mol. The highest BCUT2D eigenvalue weighted by molar-refractivity contribution is 4.75. The molecule has 0 N–H and O–H groups in total. The van der Waals surface area contributed by atoms with Crippen LogP contribution in [0.25, 0.3) is 0 Å². The summed E-state index contributed by atoms with van der Waals surface area (Å²) in [7, 11) is 10.6. The third-order valence-corrected chi connectivity index (χ3v) is 8.50. The molecule has 228 valence electrons. The van der Waals surface area contributed by atoms with E-state index in [1.165, 1.54) is 123 Å². The number of alkyl halides is 2. The van der Waals surface area contributed by atoms with Gasteiger partial charge in [0, 0.05) is 52.1 Å². The minimum Gasteiger partial charge on any atom is -0.306 e. The van der Waals surface area contributed by atoms with Crippen molar-refractivity contribution < 1.29 is 8.78 Å². The smallest absolute Gasteiger partial charge is 0.250 e. The normalized spacial score (nSPS) is 26.2. The number of likely N-dealkylation sites (N-methyl/N-ethyl adjacent to an activating group) is 2. The molecule has 0 radical (unpaired) electrons. The van der Waals surface area contributed by atoms with Crippen molar-refractivity contribution in [2.45, 2.75) is 96.3 Å². The van der Waals surface area contributed by atoms with Crippen molar-refractivity contribution in [3.8, 4) is 0 Å². The quantitative estimate of drug-likeness (QED) is 0.370. The fourth-order valence-corrected chi connectivity index (χ4v) is 5.26. The molecule has 5 nitrogen and oxygen atoms in total. The summed E-state index contributed by atoms with van der Waals surface area (Å²) in [6.45, 7) is 13.6. The van der Waals surface area contributed by atoms with Gasteiger partial charge >= 0.3 is 0 Å². The van der Waals surface area contributed by atoms with E-state index in [4.69, 9.17) is 0 Å². The van der Waals surface area contributed by atoms with Crippen LogP contribution in [0, 0.1) is 5.92 Å². The second-order valence-electron chi connectivity index (χ2n) is 12.7. The summed E-state index contributed by atoms with van der Waals surface area (Å²) in [4.78, 5) is 11.4. The Morgan fingerprint density at radius 2 is 0.711 bits per heavy atom. The van der Waals surface area contributed by atoms with Gasteiger partial charge in [-0.1, -0.05) is 51.9 Å². The Bertz CT molecular complexity index is 466. The van der Waals surface area contributed by atoms with Crippen LogP contribution in [0.5, 0.6) is 0 Å². The van der Waals surface area contributed by atoms with Crippen LogP contribution in [0.1, 0.15) is 90.4 Å². The highest BCUT2D eigenvalue weighted by atomic mass is 19.3. The van der Waals surface area contributed by atoms with Gasteiger partial charge in [0.2, 0.25) is 0 Å². The number of hydrogen-bond donors (Lipinski definition) is 0. The second kappa shape index (κ2) is 21.4. The minimum absolute atomic E-state index is 0.0312. The van der Waals surface area contributed by atoms with E-state index < -0.39 is 5.92 Å². The highest BCUT2D eigenvalue weighted by Crippen LogP contribution is 2.26. The van der Waals surface area contributed by atoms with Gasteiger partial charge in [0.05, 0.1) is 0 Å². The van der Waals surface area contributed by atoms with Gasteiger partial charge in [-0.2, -0.15) is 0 Å². The van der Waals surface area contributed by atoms with Crippen LogP contribution in [-0.4, -0.2) is 131 Å². The van der Waals surface area contributed by atoms with Crippen molar-refractivity contribution in [3.63, 3.8) is 0 Å². The molecule has 4 aliphatic heterocycles. The van der Waals surface area contributed by atoms with Crippen molar-refractivity contribution >= 4 is 0 Å². The zero-order chi connectivity index (χ0) is 28.2. The zero-order valence-electron chi connectivity index (χ0n) is 26.3. The lowest BCUT2D eigenvalue weighted by Crippen LogP contribution is -2.42. The van der Waals surface area contributed by atoms with Crippen LogP contribution in [0.2, 0.25) is 0 Å². The highest BCUT2D eigenvalue weighted by Gasteiger charge is 2.32. The van der Waals surface area contributed by atoms with E-state index in [0.29, 0.717) is 13.1 Å². The first-order valence-corrected chi connectivity index (χ1v) is 15.9. The molecule has 0 aromatic heterocycles. The SMILES string of the molecule is CC1CCCCC1.CN1CCC(F)(F)CC1.CN1CCCCC1.CN1CCCCC1.CN1CCN(C)CC1. The van der Waals surface area contributed by atoms with E-state index >= 15 is 0 Å². The predicted octanol–water partition coefficient (Wildman–Crippen LogP) is 6.00. The molecule has 0 atom stereocenters. The predicted molar refractivity (Wildman–Crippen MR) is 162 cm³/mol. The molecule has 0 unspecified atom stereocenters. The molecule has 0 aromatic rings. The van der Waals surface area contributed by atoms with Gasteiger partial charge < -0.3 is 24.5 Å². The van der Waals surface area contributed by atoms with E-state index in [2.05, 4.69) is 54.7 Å². The Kier molecular flexibility index (Phi) is 20.1. The van der Waals surface area contributed by atoms with Gasteiger partial charge in [-0.05, 0) is 93.0 Å². The molecule has 5 aliphatic rings. The maximum absolute atomic E-state index is 12.4. The summed E-state index contributed by atoms with van der Waals surface area (Å²) in [5.74, 6) is -1.35. The summed E-state index contributed by atoms with van der Waals surface area (Å²) in [5, 5.41) is 0. The number of rotatable bonds is 0. The molecule has 0 spiro atoms. The molecule has 5 fully saturated rings. The minimum atomic E-state index is -2.38. The number of nitrogens with zero attached hydrogens (tertiary/aromatic N) is 5. The van der Waals surface area contributed by atoms with Crippen molar-refractivity contribution in [2.24, 2.45) is 5.92 Å². The molecular formula is C31H65F2N5. The van der Waals surface area contributed by atoms with E-state index in [1.807, 2.05) is 11.9 Å². The Morgan fingerprint density at radius 3 is 0.947 bits per heavy atom. The summed E-state index contributed by atoms with van der Waals surface area (Å²) < 4.78 is 24.7. The lowest BCUT2D eigenvalue weighted by atomic mass is 9.91. The monoisotopic (exact) mass is 546 g/mol. The Morgan fingerprint density at radius 1 is 0.421 bits per heavy atom. The molecule has 1 aliphatic carbocycles. The van der Waals surface area contributed by atoms with Crippen LogP contribution in [0.15, 0.2) is 0 Å². The van der Waals surface area contributed by atoms with Crippen LogP contribution in [0.3, 0.4) is 0 Å². The van der Waals surface area contributed by atoms with Gasteiger partial charge in [0.1, 0.15) is 0 Å². The topological polar surface area (TPSA) is 16.2 Å². The van der Waals surface area contributed by atoms with Crippen LogP contribution in [0.4, 0.5) is 8.78 Å². The van der Waals surface area contributed by atoms with Crippen molar-refractivity contribution in [1.82, 2.24) is 24.5 Å². The summed E-state index contributed by atoms with van der Waals surface area (Å²) in [6.07, 6.45) is 16.0. The Labute approximate surface area is 236 Å². The fourth-order valence-electron chi connectivity index (χ4n) is 5.26. The number of piperazine rings is 1. The summed E-state index contributed by atoms with van der Waals surface area (Å²) >= 11 is 0. The number of piperidine rings is 3.